The van der Waals surface area contributed by atoms with Crippen LogP contribution in [0.25, 0.3) is 0 Å². The second-order valence-electron chi connectivity index (χ2n) is 9.32. The first-order valence-electron chi connectivity index (χ1n) is 12.2. The number of ether oxygens (including phenoxy) is 1. The molecule has 2 aromatic rings. The molecule has 0 aliphatic heterocycles. The summed E-state index contributed by atoms with van der Waals surface area (Å²) >= 11 is 12.2. The van der Waals surface area contributed by atoms with Gasteiger partial charge < -0.3 is 15.0 Å². The SMILES string of the molecule is COc1ccc([N+](=O)[O-])cc1N(CC(=O)N(Cc1ccc(Cl)c(Cl)c1)C(C)C(=O)NC1CCCC1)S(C)(=O)=O. The van der Waals surface area contributed by atoms with Crippen LogP contribution in [0.1, 0.15) is 38.2 Å². The van der Waals surface area contributed by atoms with Crippen LogP contribution in [-0.4, -0.2) is 62.0 Å². The molecule has 212 valence electrons. The number of anilines is 1. The van der Waals surface area contributed by atoms with E-state index in [1.54, 1.807) is 25.1 Å². The Hall–Kier alpha value is -3.09. The van der Waals surface area contributed by atoms with Gasteiger partial charge in [0.15, 0.2) is 0 Å². The van der Waals surface area contributed by atoms with Crippen LogP contribution in [-0.2, 0) is 26.2 Å². The van der Waals surface area contributed by atoms with Crippen LogP contribution < -0.4 is 14.4 Å². The summed E-state index contributed by atoms with van der Waals surface area (Å²) < 4.78 is 31.6. The Morgan fingerprint density at radius 2 is 1.82 bits per heavy atom. The molecule has 0 spiro atoms. The topological polar surface area (TPSA) is 139 Å². The molecular formula is C25H30Cl2N4O7S. The Labute approximate surface area is 237 Å². The summed E-state index contributed by atoms with van der Waals surface area (Å²) in [5.41, 5.74) is 0.000990. The van der Waals surface area contributed by atoms with Crippen molar-refractivity contribution in [3.05, 3.63) is 62.1 Å². The van der Waals surface area contributed by atoms with E-state index in [1.165, 1.54) is 18.1 Å². The molecule has 11 nitrogen and oxygen atoms in total. The maximum Gasteiger partial charge on any atom is 0.271 e. The van der Waals surface area contributed by atoms with E-state index >= 15 is 0 Å². The highest BCUT2D eigenvalue weighted by atomic mass is 35.5. The largest absolute Gasteiger partial charge is 0.495 e. The smallest absolute Gasteiger partial charge is 0.271 e. The van der Waals surface area contributed by atoms with E-state index in [4.69, 9.17) is 27.9 Å². The number of nitrogens with zero attached hydrogens (tertiary/aromatic N) is 3. The molecule has 1 N–H and O–H groups in total. The van der Waals surface area contributed by atoms with Gasteiger partial charge in [-0.1, -0.05) is 42.1 Å². The molecule has 1 aliphatic rings. The summed E-state index contributed by atoms with van der Waals surface area (Å²) in [7, 11) is -2.85. The second kappa shape index (κ2) is 12.8. The Balaban J connectivity index is 1.98. The van der Waals surface area contributed by atoms with Crippen molar-refractivity contribution in [1.82, 2.24) is 10.2 Å². The third-order valence-corrected chi connectivity index (χ3v) is 8.39. The highest BCUT2D eigenvalue weighted by Crippen LogP contribution is 2.34. The molecule has 39 heavy (non-hydrogen) atoms. The third kappa shape index (κ3) is 7.74. The van der Waals surface area contributed by atoms with Gasteiger partial charge in [-0.05, 0) is 43.5 Å². The van der Waals surface area contributed by atoms with Gasteiger partial charge >= 0.3 is 0 Å². The number of nitro groups is 1. The van der Waals surface area contributed by atoms with Gasteiger partial charge in [-0.3, -0.25) is 24.0 Å². The molecule has 0 bridgehead atoms. The van der Waals surface area contributed by atoms with Crippen molar-refractivity contribution < 1.29 is 27.7 Å². The van der Waals surface area contributed by atoms with Crippen LogP contribution in [0, 0.1) is 10.1 Å². The van der Waals surface area contributed by atoms with E-state index in [0.29, 0.717) is 10.6 Å². The molecule has 2 aromatic carbocycles. The highest BCUT2D eigenvalue weighted by molar-refractivity contribution is 7.92. The van der Waals surface area contributed by atoms with Gasteiger partial charge in [0.05, 0.1) is 28.3 Å². The summed E-state index contributed by atoms with van der Waals surface area (Å²) in [6, 6.07) is 7.23. The molecule has 1 saturated carbocycles. The quantitative estimate of drug-likeness (QED) is 0.302. The summed E-state index contributed by atoms with van der Waals surface area (Å²) in [5.74, 6) is -1.08. The second-order valence-corrected chi connectivity index (χ2v) is 12.0. The number of hydrogen-bond donors (Lipinski definition) is 1. The van der Waals surface area contributed by atoms with Crippen LogP contribution >= 0.6 is 23.2 Å². The molecule has 1 atom stereocenters. The Morgan fingerprint density at radius 3 is 2.38 bits per heavy atom. The van der Waals surface area contributed by atoms with Crippen LogP contribution in [0.2, 0.25) is 10.0 Å². The average molecular weight is 602 g/mol. The molecule has 0 radical (unpaired) electrons. The number of benzene rings is 2. The normalized spacial score (nSPS) is 14.5. The van der Waals surface area contributed by atoms with Crippen molar-refractivity contribution in [2.24, 2.45) is 0 Å². The summed E-state index contributed by atoms with van der Waals surface area (Å²) in [4.78, 5) is 38.8. The van der Waals surface area contributed by atoms with E-state index in [2.05, 4.69) is 5.32 Å². The zero-order valence-electron chi connectivity index (χ0n) is 21.7. The number of amides is 2. The number of carbonyl (C=O) groups is 2. The summed E-state index contributed by atoms with van der Waals surface area (Å²) in [6.45, 7) is 0.746. The van der Waals surface area contributed by atoms with Gasteiger partial charge in [0.25, 0.3) is 5.69 Å². The predicted molar refractivity (Wildman–Crippen MR) is 149 cm³/mol. The van der Waals surface area contributed by atoms with Crippen molar-refractivity contribution in [1.29, 1.82) is 0 Å². The molecule has 0 heterocycles. The number of nitrogens with one attached hydrogen (secondary N) is 1. The number of halogens is 2. The van der Waals surface area contributed by atoms with Crippen molar-refractivity contribution >= 4 is 56.4 Å². The fraction of sp³-hybridized carbons (Fsp3) is 0.440. The molecule has 1 unspecified atom stereocenters. The van der Waals surface area contributed by atoms with E-state index in [9.17, 15) is 28.1 Å². The van der Waals surface area contributed by atoms with Gasteiger partial charge in [-0.15, -0.1) is 0 Å². The van der Waals surface area contributed by atoms with Gasteiger partial charge in [0.2, 0.25) is 21.8 Å². The highest BCUT2D eigenvalue weighted by Gasteiger charge is 2.33. The Morgan fingerprint density at radius 1 is 1.15 bits per heavy atom. The first kappa shape index (κ1) is 30.5. The lowest BCUT2D eigenvalue weighted by Gasteiger charge is -2.32. The molecule has 0 saturated heterocycles. The minimum absolute atomic E-state index is 0.00326. The van der Waals surface area contributed by atoms with Crippen molar-refractivity contribution in [3.63, 3.8) is 0 Å². The van der Waals surface area contributed by atoms with Gasteiger partial charge in [0.1, 0.15) is 24.0 Å². The fourth-order valence-corrected chi connectivity index (χ4v) is 5.56. The molecule has 14 heteroatoms. The molecule has 1 fully saturated rings. The van der Waals surface area contributed by atoms with Gasteiger partial charge in [-0.2, -0.15) is 0 Å². The molecule has 0 aromatic heterocycles. The zero-order chi connectivity index (χ0) is 28.9. The lowest BCUT2D eigenvalue weighted by atomic mass is 10.1. The first-order chi connectivity index (χ1) is 18.3. The van der Waals surface area contributed by atoms with E-state index in [1.807, 2.05) is 0 Å². The molecule has 1 aliphatic carbocycles. The van der Waals surface area contributed by atoms with Crippen LogP contribution in [0.4, 0.5) is 11.4 Å². The third-order valence-electron chi connectivity index (χ3n) is 6.53. The van der Waals surface area contributed by atoms with E-state index in [-0.39, 0.29) is 40.6 Å². The minimum atomic E-state index is -4.13. The number of rotatable bonds is 11. The van der Waals surface area contributed by atoms with E-state index < -0.39 is 33.4 Å². The summed E-state index contributed by atoms with van der Waals surface area (Å²) in [6.07, 6.45) is 4.55. The number of sulfonamides is 1. The molecule has 2 amide bonds. The fourth-order valence-electron chi connectivity index (χ4n) is 4.39. The predicted octanol–water partition coefficient (Wildman–Crippen LogP) is 4.15. The maximum atomic E-state index is 13.7. The van der Waals surface area contributed by atoms with Crippen LogP contribution in [0.3, 0.4) is 0 Å². The lowest BCUT2D eigenvalue weighted by molar-refractivity contribution is -0.384. The number of carbonyl (C=O) groups excluding carboxylic acids is 2. The van der Waals surface area contributed by atoms with Crippen LogP contribution in [0.5, 0.6) is 5.75 Å². The summed E-state index contributed by atoms with van der Waals surface area (Å²) in [5, 5.41) is 14.9. The van der Waals surface area contributed by atoms with Crippen molar-refractivity contribution in [2.75, 3.05) is 24.2 Å². The number of nitro benzene ring substituents is 1. The minimum Gasteiger partial charge on any atom is -0.495 e. The van der Waals surface area contributed by atoms with Crippen molar-refractivity contribution in [3.8, 4) is 5.75 Å². The molecule has 3 rings (SSSR count). The van der Waals surface area contributed by atoms with E-state index in [0.717, 1.165) is 48.4 Å². The number of methoxy groups -OCH3 is 1. The Bertz CT molecular complexity index is 1350. The van der Waals surface area contributed by atoms with Crippen LogP contribution in [0.15, 0.2) is 36.4 Å². The average Bonchev–Trinajstić information content (AvgIpc) is 3.39. The molecular weight excluding hydrogens is 571 g/mol. The van der Waals surface area contributed by atoms with Gasteiger partial charge in [0, 0.05) is 24.7 Å². The maximum absolute atomic E-state index is 13.7. The number of hydrogen-bond acceptors (Lipinski definition) is 7. The van der Waals surface area contributed by atoms with Gasteiger partial charge in [-0.25, -0.2) is 8.42 Å². The lowest BCUT2D eigenvalue weighted by Crippen LogP contribution is -2.52. The Kier molecular flexibility index (Phi) is 10.0. The zero-order valence-corrected chi connectivity index (χ0v) is 24.1. The first-order valence-corrected chi connectivity index (χ1v) is 14.8. The van der Waals surface area contributed by atoms with Crippen molar-refractivity contribution in [2.45, 2.75) is 51.2 Å². The number of non-ortho nitro benzene ring substituents is 1. The monoisotopic (exact) mass is 600 g/mol. The standard InChI is InChI=1S/C25H30Cl2N4O7S/c1-16(25(33)28-18-6-4-5-7-18)29(14-17-8-10-20(26)21(27)12-17)24(32)15-30(39(3,36)37)22-13-19(31(34)35)9-11-23(22)38-2/h8-13,16,18H,4-7,14-15H2,1-3H3,(H,28,33).